The van der Waals surface area contributed by atoms with Gasteiger partial charge in [-0.2, -0.15) is 13.0 Å². The molecule has 276 valence electrons. The van der Waals surface area contributed by atoms with Crippen molar-refractivity contribution in [1.29, 1.82) is 0 Å². The number of rotatable bonds is 13. The van der Waals surface area contributed by atoms with Crippen molar-refractivity contribution in [3.63, 3.8) is 0 Å². The Bertz CT molecular complexity index is 2610. The van der Waals surface area contributed by atoms with E-state index >= 15 is 0 Å². The molecule has 1 aromatic heterocycles. The van der Waals surface area contributed by atoms with Crippen molar-refractivity contribution in [3.8, 4) is 28.0 Å². The lowest BCUT2D eigenvalue weighted by atomic mass is 10.0. The second-order valence-corrected chi connectivity index (χ2v) is 15.0. The largest absolute Gasteiger partial charge is 0.438 e. The average molecular weight is 772 g/mol. The second kappa shape index (κ2) is 15.9. The quantitative estimate of drug-likeness (QED) is 0.0386. The van der Waals surface area contributed by atoms with E-state index in [1.165, 1.54) is 6.07 Å². The predicted octanol–water partition coefficient (Wildman–Crippen LogP) is 9.41. The summed E-state index contributed by atoms with van der Waals surface area (Å²) in [7, 11) is -4.44. The van der Waals surface area contributed by atoms with Crippen LogP contribution in [-0.2, 0) is 38.9 Å². The van der Waals surface area contributed by atoms with Gasteiger partial charge in [0.1, 0.15) is 6.08 Å². The van der Waals surface area contributed by atoms with Crippen molar-refractivity contribution in [2.45, 2.75) is 29.2 Å². The van der Waals surface area contributed by atoms with E-state index in [1.54, 1.807) is 18.2 Å². The molecule has 0 saturated heterocycles. The van der Waals surface area contributed by atoms with Crippen LogP contribution in [0.5, 0.6) is 5.75 Å². The SMILES string of the molecule is O=S(=O)(O)c1ccccc1CC[n+]1c(C=C2Oc3ccc(-c4ccccc4)cc3N2CCc2ccccc2SOOO)oc2ccc(-c3ccccc3)cc21. The molecule has 7 aromatic rings. The first-order valence-corrected chi connectivity index (χ1v) is 19.7. The van der Waals surface area contributed by atoms with Gasteiger partial charge in [-0.3, -0.25) is 4.55 Å². The fourth-order valence-electron chi connectivity index (χ4n) is 6.87. The highest BCUT2D eigenvalue weighted by atomic mass is 32.2. The molecule has 2 heterocycles. The van der Waals surface area contributed by atoms with Gasteiger partial charge in [-0.1, -0.05) is 114 Å². The Hall–Kier alpha value is -5.73. The average Bonchev–Trinajstić information content (AvgIpc) is 3.74. The molecule has 0 radical (unpaired) electrons. The third-order valence-corrected chi connectivity index (χ3v) is 11.2. The normalized spacial score (nSPS) is 13.3. The van der Waals surface area contributed by atoms with Crippen LogP contribution in [0.15, 0.2) is 166 Å². The second-order valence-electron chi connectivity index (χ2n) is 12.8. The van der Waals surface area contributed by atoms with Crippen molar-refractivity contribution in [3.05, 3.63) is 168 Å². The third-order valence-electron chi connectivity index (χ3n) is 9.51. The Labute approximate surface area is 322 Å². The highest BCUT2D eigenvalue weighted by Crippen LogP contribution is 2.42. The zero-order valence-corrected chi connectivity index (χ0v) is 31.0. The standard InChI is InChI=1S/C43H34N2O8S2/c46-52-53-54-40-17-9-7-15-32(40)23-25-44-36-27-34(30-11-3-1-4-12-30)19-21-38(36)50-42(44)29-43-45(26-24-33-16-8-10-18-41(33)55(47,48)49)37-28-35(20-22-39(37)51-43)31-13-5-2-6-14-31/h1-22,27-29H,23-26H2,(H-,46,47,48,49)/p+1. The van der Waals surface area contributed by atoms with Gasteiger partial charge in [0.05, 0.1) is 22.6 Å². The molecule has 8 rings (SSSR count). The van der Waals surface area contributed by atoms with Gasteiger partial charge in [0.25, 0.3) is 15.6 Å². The Morgan fingerprint density at radius 2 is 1.38 bits per heavy atom. The van der Waals surface area contributed by atoms with E-state index in [2.05, 4.69) is 34.2 Å². The minimum atomic E-state index is -4.44. The molecular formula is C43H35N2O8S2+. The molecule has 0 spiro atoms. The van der Waals surface area contributed by atoms with Crippen molar-refractivity contribution in [2.24, 2.45) is 0 Å². The minimum Gasteiger partial charge on any atom is -0.438 e. The highest BCUT2D eigenvalue weighted by molar-refractivity contribution is 7.94. The first-order chi connectivity index (χ1) is 26.9. The number of nitrogens with zero attached hydrogens (tertiary/aromatic N) is 2. The van der Waals surface area contributed by atoms with Crippen molar-refractivity contribution in [2.75, 3.05) is 11.4 Å². The fraction of sp³-hybridized carbons (Fsp3) is 0.0930. The Morgan fingerprint density at radius 3 is 2.11 bits per heavy atom. The van der Waals surface area contributed by atoms with Crippen LogP contribution in [0.2, 0.25) is 0 Å². The van der Waals surface area contributed by atoms with Gasteiger partial charge in [0.15, 0.2) is 12.3 Å². The smallest absolute Gasteiger partial charge is 0.379 e. The lowest BCUT2D eigenvalue weighted by molar-refractivity contribution is -0.677. The van der Waals surface area contributed by atoms with Crippen LogP contribution >= 0.6 is 12.0 Å². The number of hydrogen-bond acceptors (Lipinski definition) is 9. The number of oxazole rings is 1. The van der Waals surface area contributed by atoms with E-state index in [-0.39, 0.29) is 4.90 Å². The van der Waals surface area contributed by atoms with E-state index in [1.807, 2.05) is 108 Å². The molecular weight excluding hydrogens is 737 g/mol. The van der Waals surface area contributed by atoms with E-state index < -0.39 is 10.1 Å². The predicted molar refractivity (Wildman–Crippen MR) is 210 cm³/mol. The molecule has 1 aliphatic rings. The summed E-state index contributed by atoms with van der Waals surface area (Å²) < 4.78 is 54.5. The van der Waals surface area contributed by atoms with Gasteiger partial charge >= 0.3 is 5.89 Å². The first kappa shape index (κ1) is 36.3. The molecule has 12 heteroatoms. The molecule has 2 N–H and O–H groups in total. The molecule has 10 nitrogen and oxygen atoms in total. The number of ether oxygens (including phenoxy) is 1. The van der Waals surface area contributed by atoms with Crippen LogP contribution < -0.4 is 14.2 Å². The van der Waals surface area contributed by atoms with Crippen LogP contribution in [0.1, 0.15) is 17.0 Å². The maximum absolute atomic E-state index is 12.3. The van der Waals surface area contributed by atoms with Gasteiger partial charge in [-0.05, 0) is 70.1 Å². The van der Waals surface area contributed by atoms with E-state index in [9.17, 15) is 13.0 Å². The van der Waals surface area contributed by atoms with Crippen LogP contribution in [0.4, 0.5) is 5.69 Å². The number of aromatic nitrogens is 1. The monoisotopic (exact) mass is 771 g/mol. The molecule has 0 amide bonds. The van der Waals surface area contributed by atoms with Crippen LogP contribution in [0.3, 0.4) is 0 Å². The number of benzene rings is 6. The Kier molecular flexibility index (Phi) is 10.5. The van der Waals surface area contributed by atoms with Gasteiger partial charge in [0.2, 0.25) is 11.5 Å². The summed E-state index contributed by atoms with van der Waals surface area (Å²) in [6.07, 6.45) is 2.74. The van der Waals surface area contributed by atoms with Crippen LogP contribution in [0.25, 0.3) is 39.4 Å². The number of anilines is 1. The summed E-state index contributed by atoms with van der Waals surface area (Å²) in [5.41, 5.74) is 7.91. The highest BCUT2D eigenvalue weighted by Gasteiger charge is 2.31. The molecule has 0 atom stereocenters. The summed E-state index contributed by atoms with van der Waals surface area (Å²) >= 11 is 0.920. The van der Waals surface area contributed by atoms with Crippen LogP contribution in [0, 0.1) is 0 Å². The molecule has 6 aromatic carbocycles. The number of fused-ring (bicyclic) bond motifs is 2. The number of hydrogen-bond donors (Lipinski definition) is 2. The molecule has 1 aliphatic heterocycles. The van der Waals surface area contributed by atoms with Gasteiger partial charge in [-0.25, -0.2) is 5.26 Å². The summed E-state index contributed by atoms with van der Waals surface area (Å²) in [6.45, 7) is 0.842. The summed E-state index contributed by atoms with van der Waals surface area (Å²) in [6, 6.07) is 46.4. The van der Waals surface area contributed by atoms with Gasteiger partial charge in [0, 0.05) is 23.9 Å². The lowest BCUT2D eigenvalue weighted by Crippen LogP contribution is -2.37. The van der Waals surface area contributed by atoms with Gasteiger partial charge in [-0.15, -0.1) is 4.33 Å². The Balaban J connectivity index is 1.22. The molecule has 0 fully saturated rings. The zero-order valence-electron chi connectivity index (χ0n) is 29.3. The van der Waals surface area contributed by atoms with E-state index in [0.29, 0.717) is 54.6 Å². The van der Waals surface area contributed by atoms with Crippen molar-refractivity contribution >= 4 is 45.0 Å². The van der Waals surface area contributed by atoms with Crippen LogP contribution in [-0.4, -0.2) is 24.8 Å². The van der Waals surface area contributed by atoms with E-state index in [0.717, 1.165) is 56.0 Å². The first-order valence-electron chi connectivity index (χ1n) is 17.5. The molecule has 0 aliphatic carbocycles. The fourth-order valence-corrected chi connectivity index (χ4v) is 8.14. The molecule has 55 heavy (non-hydrogen) atoms. The summed E-state index contributed by atoms with van der Waals surface area (Å²) in [5.74, 6) is 1.71. The molecule has 0 unspecified atom stereocenters. The van der Waals surface area contributed by atoms with E-state index in [4.69, 9.17) is 18.7 Å². The zero-order chi connectivity index (χ0) is 37.8. The maximum Gasteiger partial charge on any atom is 0.379 e. The minimum absolute atomic E-state index is 0.127. The third kappa shape index (κ3) is 7.91. The summed E-state index contributed by atoms with van der Waals surface area (Å²) in [4.78, 5) is 2.76. The summed E-state index contributed by atoms with van der Waals surface area (Å²) in [5, 5.41) is 12.7. The van der Waals surface area contributed by atoms with Crippen molar-refractivity contribution in [1.82, 2.24) is 0 Å². The molecule has 0 saturated carbocycles. The topological polar surface area (TPSA) is 123 Å². The van der Waals surface area contributed by atoms with Crippen molar-refractivity contribution < 1.29 is 41.3 Å². The number of aryl methyl sites for hydroxylation is 2. The Morgan fingerprint density at radius 1 is 0.727 bits per heavy atom. The molecule has 0 bridgehead atoms. The maximum atomic E-state index is 12.3. The van der Waals surface area contributed by atoms with Gasteiger partial charge < -0.3 is 14.1 Å². The lowest BCUT2D eigenvalue weighted by Gasteiger charge is -2.19.